The van der Waals surface area contributed by atoms with Gasteiger partial charge in [0.2, 0.25) is 0 Å². The van der Waals surface area contributed by atoms with E-state index >= 15 is 0 Å². The van der Waals surface area contributed by atoms with Gasteiger partial charge in [0, 0.05) is 57.6 Å². The number of methoxy groups -OCH3 is 1. The molecule has 28 heavy (non-hydrogen) atoms. The Morgan fingerprint density at radius 3 is 2.71 bits per heavy atom. The van der Waals surface area contributed by atoms with Crippen LogP contribution in [0.15, 0.2) is 29.3 Å². The highest BCUT2D eigenvalue weighted by molar-refractivity contribution is 14.0. The number of halogens is 1. The molecule has 0 bridgehead atoms. The third-order valence-electron chi connectivity index (χ3n) is 5.12. The number of nitrogens with one attached hydrogen (secondary N) is 1. The zero-order valence-corrected chi connectivity index (χ0v) is 19.6. The van der Waals surface area contributed by atoms with Gasteiger partial charge in [0.05, 0.1) is 26.4 Å². The smallest absolute Gasteiger partial charge is 0.194 e. The van der Waals surface area contributed by atoms with Crippen molar-refractivity contribution in [2.24, 2.45) is 4.99 Å². The number of likely N-dealkylation sites (N-methyl/N-ethyl adjacent to an activating group) is 1. The number of anilines is 1. The Hall–Kier alpha value is -1.26. The van der Waals surface area contributed by atoms with Gasteiger partial charge in [0.25, 0.3) is 0 Å². The minimum atomic E-state index is 0. The van der Waals surface area contributed by atoms with Crippen LogP contribution in [0.5, 0.6) is 5.75 Å². The molecule has 1 aromatic rings. The van der Waals surface area contributed by atoms with Gasteiger partial charge in [-0.25, -0.2) is 0 Å². The largest absolute Gasteiger partial charge is 0.497 e. The first-order valence-electron chi connectivity index (χ1n) is 9.92. The SMILES string of the molecule is CCNC(=NCC1CN(C)CCO1)N1CCN(c2cccc(OC)c2)CC1.I. The van der Waals surface area contributed by atoms with Gasteiger partial charge in [-0.1, -0.05) is 6.07 Å². The lowest BCUT2D eigenvalue weighted by Gasteiger charge is -2.38. The zero-order valence-electron chi connectivity index (χ0n) is 17.3. The molecule has 1 atom stereocenters. The van der Waals surface area contributed by atoms with Crippen molar-refractivity contribution in [3.05, 3.63) is 24.3 Å². The second-order valence-electron chi connectivity index (χ2n) is 7.13. The highest BCUT2D eigenvalue weighted by Crippen LogP contribution is 2.22. The summed E-state index contributed by atoms with van der Waals surface area (Å²) in [6, 6.07) is 8.29. The van der Waals surface area contributed by atoms with Crippen molar-refractivity contribution in [1.82, 2.24) is 15.1 Å². The molecule has 1 aromatic carbocycles. The van der Waals surface area contributed by atoms with Crippen molar-refractivity contribution >= 4 is 35.6 Å². The molecule has 158 valence electrons. The van der Waals surface area contributed by atoms with Gasteiger partial charge in [-0.2, -0.15) is 0 Å². The van der Waals surface area contributed by atoms with Crippen LogP contribution < -0.4 is 15.0 Å². The molecule has 2 saturated heterocycles. The van der Waals surface area contributed by atoms with Gasteiger partial charge in [0.1, 0.15) is 5.75 Å². The van der Waals surface area contributed by atoms with E-state index in [9.17, 15) is 0 Å². The van der Waals surface area contributed by atoms with Gasteiger partial charge in [-0.05, 0) is 26.1 Å². The minimum absolute atomic E-state index is 0. The molecule has 1 unspecified atom stereocenters. The van der Waals surface area contributed by atoms with Crippen LogP contribution in [0.1, 0.15) is 6.92 Å². The van der Waals surface area contributed by atoms with Crippen LogP contribution in [0.25, 0.3) is 0 Å². The average Bonchev–Trinajstić information content (AvgIpc) is 2.71. The fourth-order valence-corrected chi connectivity index (χ4v) is 3.58. The number of guanidine groups is 1. The van der Waals surface area contributed by atoms with Gasteiger partial charge in [0.15, 0.2) is 5.96 Å². The van der Waals surface area contributed by atoms with Crippen molar-refractivity contribution in [2.45, 2.75) is 13.0 Å². The Labute approximate surface area is 186 Å². The van der Waals surface area contributed by atoms with Crippen LogP contribution in [0.4, 0.5) is 5.69 Å². The lowest BCUT2D eigenvalue weighted by molar-refractivity contribution is -0.0137. The van der Waals surface area contributed by atoms with E-state index in [1.54, 1.807) is 7.11 Å². The number of hydrogen-bond acceptors (Lipinski definition) is 5. The number of hydrogen-bond donors (Lipinski definition) is 1. The summed E-state index contributed by atoms with van der Waals surface area (Å²) in [5.41, 5.74) is 1.22. The van der Waals surface area contributed by atoms with Crippen LogP contribution in [0.3, 0.4) is 0 Å². The predicted octanol–water partition coefficient (Wildman–Crippen LogP) is 1.73. The molecule has 8 heteroatoms. The van der Waals surface area contributed by atoms with E-state index in [1.807, 2.05) is 12.1 Å². The van der Waals surface area contributed by atoms with E-state index in [0.717, 1.165) is 64.1 Å². The van der Waals surface area contributed by atoms with Gasteiger partial charge in [-0.3, -0.25) is 4.99 Å². The van der Waals surface area contributed by atoms with Crippen LogP contribution in [0, 0.1) is 0 Å². The van der Waals surface area contributed by atoms with Crippen molar-refractivity contribution in [1.29, 1.82) is 0 Å². The number of aliphatic imine (C=N–C) groups is 1. The highest BCUT2D eigenvalue weighted by atomic mass is 127. The van der Waals surface area contributed by atoms with Crippen LogP contribution in [-0.2, 0) is 4.74 Å². The van der Waals surface area contributed by atoms with Crippen LogP contribution in [0.2, 0.25) is 0 Å². The third kappa shape index (κ3) is 6.38. The Morgan fingerprint density at radius 2 is 2.04 bits per heavy atom. The normalized spacial score (nSPS) is 21.2. The standard InChI is InChI=1S/C20H33N5O2.HI/c1-4-21-20(22-15-19-16-23(2)12-13-27-19)25-10-8-24(9-11-25)17-6-5-7-18(14-17)26-3;/h5-7,14,19H,4,8-13,15-16H2,1-3H3,(H,21,22);1H. The Morgan fingerprint density at radius 1 is 1.25 bits per heavy atom. The van der Waals surface area contributed by atoms with Gasteiger partial charge >= 0.3 is 0 Å². The van der Waals surface area contributed by atoms with E-state index in [4.69, 9.17) is 14.5 Å². The molecule has 0 aromatic heterocycles. The lowest BCUT2D eigenvalue weighted by atomic mass is 10.2. The molecule has 1 N–H and O–H groups in total. The summed E-state index contributed by atoms with van der Waals surface area (Å²) < 4.78 is 11.2. The summed E-state index contributed by atoms with van der Waals surface area (Å²) >= 11 is 0. The molecule has 2 aliphatic rings. The first kappa shape index (κ1) is 23.0. The predicted molar refractivity (Wildman–Crippen MR) is 125 cm³/mol. The Kier molecular flexibility index (Phi) is 9.60. The van der Waals surface area contributed by atoms with E-state index < -0.39 is 0 Å². The number of nitrogens with zero attached hydrogens (tertiary/aromatic N) is 4. The molecular weight excluding hydrogens is 469 g/mol. The summed E-state index contributed by atoms with van der Waals surface area (Å²) in [5, 5.41) is 3.44. The second kappa shape index (κ2) is 11.7. The lowest BCUT2D eigenvalue weighted by Crippen LogP contribution is -2.53. The van der Waals surface area contributed by atoms with Crippen molar-refractivity contribution in [3.8, 4) is 5.75 Å². The summed E-state index contributed by atoms with van der Waals surface area (Å²) in [6.45, 7) is 10.3. The Bertz CT molecular complexity index is 622. The summed E-state index contributed by atoms with van der Waals surface area (Å²) in [6.07, 6.45) is 0.190. The first-order chi connectivity index (χ1) is 13.2. The number of morpholine rings is 1. The van der Waals surface area contributed by atoms with Crippen molar-refractivity contribution < 1.29 is 9.47 Å². The number of piperazine rings is 1. The molecule has 3 rings (SSSR count). The molecule has 0 aliphatic carbocycles. The van der Waals surface area contributed by atoms with Gasteiger partial charge < -0.3 is 29.5 Å². The summed E-state index contributed by atoms with van der Waals surface area (Å²) in [7, 11) is 3.85. The average molecular weight is 503 g/mol. The monoisotopic (exact) mass is 503 g/mol. The first-order valence-corrected chi connectivity index (χ1v) is 9.92. The maximum Gasteiger partial charge on any atom is 0.194 e. The summed E-state index contributed by atoms with van der Waals surface area (Å²) in [5.74, 6) is 1.90. The molecular formula is C20H34IN5O2. The molecule has 2 fully saturated rings. The maximum atomic E-state index is 5.85. The van der Waals surface area contributed by atoms with E-state index in [1.165, 1.54) is 5.69 Å². The molecule has 0 spiro atoms. The fourth-order valence-electron chi connectivity index (χ4n) is 3.58. The molecule has 2 aliphatic heterocycles. The number of ether oxygens (including phenoxy) is 2. The van der Waals surface area contributed by atoms with Crippen LogP contribution >= 0.6 is 24.0 Å². The van der Waals surface area contributed by atoms with Crippen LogP contribution in [-0.4, -0.2) is 95.0 Å². The van der Waals surface area contributed by atoms with E-state index in [2.05, 4.69) is 46.1 Å². The van der Waals surface area contributed by atoms with Crippen molar-refractivity contribution in [2.75, 3.05) is 78.0 Å². The second-order valence-corrected chi connectivity index (χ2v) is 7.13. The quantitative estimate of drug-likeness (QED) is 0.376. The molecule has 2 heterocycles. The topological polar surface area (TPSA) is 52.6 Å². The maximum absolute atomic E-state index is 5.85. The number of benzene rings is 1. The highest BCUT2D eigenvalue weighted by Gasteiger charge is 2.22. The number of rotatable bonds is 5. The third-order valence-corrected chi connectivity index (χ3v) is 5.12. The Balaban J connectivity index is 0.00000280. The summed E-state index contributed by atoms with van der Waals surface area (Å²) in [4.78, 5) is 11.9. The van der Waals surface area contributed by atoms with Gasteiger partial charge in [-0.15, -0.1) is 24.0 Å². The molecule has 0 amide bonds. The zero-order chi connectivity index (χ0) is 19.1. The van der Waals surface area contributed by atoms with Crippen molar-refractivity contribution in [3.63, 3.8) is 0 Å². The molecule has 0 radical (unpaired) electrons. The fraction of sp³-hybridized carbons (Fsp3) is 0.650. The molecule has 7 nitrogen and oxygen atoms in total. The molecule has 0 saturated carbocycles. The minimum Gasteiger partial charge on any atom is -0.497 e. The van der Waals surface area contributed by atoms with E-state index in [0.29, 0.717) is 6.54 Å². The van der Waals surface area contributed by atoms with E-state index in [-0.39, 0.29) is 30.1 Å².